The third-order valence-corrected chi connectivity index (χ3v) is 3.45. The van der Waals surface area contributed by atoms with Gasteiger partial charge in [-0.25, -0.2) is 0 Å². The quantitative estimate of drug-likeness (QED) is 0.804. The lowest BCUT2D eigenvalue weighted by Gasteiger charge is -2.26. The summed E-state index contributed by atoms with van der Waals surface area (Å²) in [6.45, 7) is 5.83. The molecule has 1 aliphatic rings. The van der Waals surface area contributed by atoms with Crippen LogP contribution in [0.25, 0.3) is 0 Å². The molecular formula is C15H24N2O3. The van der Waals surface area contributed by atoms with Crippen molar-refractivity contribution in [3.05, 3.63) is 23.8 Å². The van der Waals surface area contributed by atoms with Crippen molar-refractivity contribution in [2.24, 2.45) is 5.73 Å². The van der Waals surface area contributed by atoms with Gasteiger partial charge in [-0.3, -0.25) is 4.90 Å². The number of ether oxygens (including phenoxy) is 3. The summed E-state index contributed by atoms with van der Waals surface area (Å²) in [6, 6.07) is 5.88. The third-order valence-electron chi connectivity index (χ3n) is 3.45. The fourth-order valence-electron chi connectivity index (χ4n) is 2.28. The standard InChI is InChI=1S/C15H24N2O3/c1-18-14-2-3-15(13(12-14)4-5-16)20-11-8-17-6-9-19-10-7-17/h2-3,12H,4-11,16H2,1H3. The van der Waals surface area contributed by atoms with Crippen LogP contribution >= 0.6 is 0 Å². The first-order chi connectivity index (χ1) is 9.83. The molecule has 1 fully saturated rings. The molecule has 20 heavy (non-hydrogen) atoms. The molecule has 0 aliphatic carbocycles. The summed E-state index contributed by atoms with van der Waals surface area (Å²) >= 11 is 0. The fraction of sp³-hybridized carbons (Fsp3) is 0.600. The van der Waals surface area contributed by atoms with Gasteiger partial charge in [0.2, 0.25) is 0 Å². The highest BCUT2D eigenvalue weighted by Crippen LogP contribution is 2.24. The Morgan fingerprint density at radius 1 is 1.30 bits per heavy atom. The number of benzene rings is 1. The Morgan fingerprint density at radius 2 is 2.10 bits per heavy atom. The second-order valence-electron chi connectivity index (χ2n) is 4.81. The van der Waals surface area contributed by atoms with Gasteiger partial charge in [-0.2, -0.15) is 0 Å². The normalized spacial score (nSPS) is 16.1. The Balaban J connectivity index is 1.87. The van der Waals surface area contributed by atoms with E-state index >= 15 is 0 Å². The lowest BCUT2D eigenvalue weighted by atomic mass is 10.1. The van der Waals surface area contributed by atoms with Crippen LogP contribution < -0.4 is 15.2 Å². The van der Waals surface area contributed by atoms with Gasteiger partial charge >= 0.3 is 0 Å². The van der Waals surface area contributed by atoms with Crippen LogP contribution in [0.1, 0.15) is 5.56 Å². The summed E-state index contributed by atoms with van der Waals surface area (Å²) in [4.78, 5) is 2.36. The molecule has 2 rings (SSSR count). The van der Waals surface area contributed by atoms with Crippen LogP contribution in [0.5, 0.6) is 11.5 Å². The van der Waals surface area contributed by atoms with Crippen LogP contribution in [0.4, 0.5) is 0 Å². The summed E-state index contributed by atoms with van der Waals surface area (Å²) in [7, 11) is 1.67. The first kappa shape index (κ1) is 15.1. The Bertz CT molecular complexity index is 406. The molecular weight excluding hydrogens is 256 g/mol. The van der Waals surface area contributed by atoms with Gasteiger partial charge in [-0.1, -0.05) is 0 Å². The number of hydrogen-bond acceptors (Lipinski definition) is 5. The second kappa shape index (κ2) is 8.09. The maximum atomic E-state index is 5.90. The minimum atomic E-state index is 0.604. The van der Waals surface area contributed by atoms with Crippen molar-refractivity contribution in [3.63, 3.8) is 0 Å². The van der Waals surface area contributed by atoms with Crippen molar-refractivity contribution >= 4 is 0 Å². The zero-order chi connectivity index (χ0) is 14.2. The molecule has 1 saturated heterocycles. The SMILES string of the molecule is COc1ccc(OCCN2CCOCC2)c(CCN)c1. The molecule has 5 nitrogen and oxygen atoms in total. The maximum absolute atomic E-state index is 5.90. The Labute approximate surface area is 120 Å². The van der Waals surface area contributed by atoms with Gasteiger partial charge in [-0.05, 0) is 36.7 Å². The number of morpholine rings is 1. The average Bonchev–Trinajstić information content (AvgIpc) is 2.50. The molecule has 0 unspecified atom stereocenters. The number of nitrogens with two attached hydrogens (primary N) is 1. The highest BCUT2D eigenvalue weighted by molar-refractivity contribution is 5.40. The number of methoxy groups -OCH3 is 1. The molecule has 1 heterocycles. The minimum Gasteiger partial charge on any atom is -0.497 e. The van der Waals surface area contributed by atoms with Crippen molar-refractivity contribution in [1.82, 2.24) is 4.90 Å². The van der Waals surface area contributed by atoms with E-state index in [0.29, 0.717) is 13.2 Å². The lowest BCUT2D eigenvalue weighted by Crippen LogP contribution is -2.38. The molecule has 112 valence electrons. The molecule has 0 spiro atoms. The van der Waals surface area contributed by atoms with E-state index in [-0.39, 0.29) is 0 Å². The molecule has 0 atom stereocenters. The monoisotopic (exact) mass is 280 g/mol. The van der Waals surface area contributed by atoms with Crippen LogP contribution in [-0.4, -0.2) is 58.0 Å². The average molecular weight is 280 g/mol. The first-order valence-corrected chi connectivity index (χ1v) is 7.13. The summed E-state index contributed by atoms with van der Waals surface area (Å²) in [5.41, 5.74) is 6.75. The summed E-state index contributed by atoms with van der Waals surface area (Å²) < 4.78 is 16.5. The smallest absolute Gasteiger partial charge is 0.122 e. The van der Waals surface area contributed by atoms with Crippen molar-refractivity contribution < 1.29 is 14.2 Å². The largest absolute Gasteiger partial charge is 0.497 e. The van der Waals surface area contributed by atoms with Crippen molar-refractivity contribution in [2.45, 2.75) is 6.42 Å². The van der Waals surface area contributed by atoms with Gasteiger partial charge < -0.3 is 19.9 Å². The van der Waals surface area contributed by atoms with Gasteiger partial charge in [0.15, 0.2) is 0 Å². The van der Waals surface area contributed by atoms with Crippen LogP contribution in [0, 0.1) is 0 Å². The van der Waals surface area contributed by atoms with Gasteiger partial charge in [0, 0.05) is 19.6 Å². The molecule has 0 amide bonds. The van der Waals surface area contributed by atoms with E-state index in [2.05, 4.69) is 4.90 Å². The van der Waals surface area contributed by atoms with Crippen molar-refractivity contribution in [3.8, 4) is 11.5 Å². The molecule has 1 aromatic rings. The lowest BCUT2D eigenvalue weighted by molar-refractivity contribution is 0.0322. The molecule has 0 saturated carbocycles. The van der Waals surface area contributed by atoms with E-state index in [1.165, 1.54) is 0 Å². The van der Waals surface area contributed by atoms with E-state index in [0.717, 1.165) is 56.3 Å². The van der Waals surface area contributed by atoms with Gasteiger partial charge in [0.05, 0.1) is 20.3 Å². The summed E-state index contributed by atoms with van der Waals surface area (Å²) in [5.74, 6) is 1.75. The van der Waals surface area contributed by atoms with Gasteiger partial charge in [0.1, 0.15) is 18.1 Å². The zero-order valence-electron chi connectivity index (χ0n) is 12.1. The van der Waals surface area contributed by atoms with Crippen LogP contribution in [0.15, 0.2) is 18.2 Å². The minimum absolute atomic E-state index is 0.604. The molecule has 1 aromatic carbocycles. The first-order valence-electron chi connectivity index (χ1n) is 7.13. The third kappa shape index (κ3) is 4.37. The number of rotatable bonds is 7. The van der Waals surface area contributed by atoms with Gasteiger partial charge in [0.25, 0.3) is 0 Å². The molecule has 0 radical (unpaired) electrons. The zero-order valence-corrected chi connectivity index (χ0v) is 12.1. The summed E-state index contributed by atoms with van der Waals surface area (Å²) in [6.07, 6.45) is 0.796. The molecule has 2 N–H and O–H groups in total. The molecule has 0 aromatic heterocycles. The van der Waals surface area contributed by atoms with E-state index in [9.17, 15) is 0 Å². The van der Waals surface area contributed by atoms with Crippen molar-refractivity contribution in [2.75, 3.05) is 53.1 Å². The summed E-state index contributed by atoms with van der Waals surface area (Å²) in [5, 5.41) is 0. The number of nitrogens with zero attached hydrogens (tertiary/aromatic N) is 1. The van der Waals surface area contributed by atoms with Crippen LogP contribution in [0.3, 0.4) is 0 Å². The topological polar surface area (TPSA) is 57.0 Å². The van der Waals surface area contributed by atoms with Crippen molar-refractivity contribution in [1.29, 1.82) is 0 Å². The second-order valence-corrected chi connectivity index (χ2v) is 4.81. The Kier molecular flexibility index (Phi) is 6.11. The predicted molar refractivity (Wildman–Crippen MR) is 78.5 cm³/mol. The molecule has 0 bridgehead atoms. The molecule has 5 heteroatoms. The maximum Gasteiger partial charge on any atom is 0.122 e. The van der Waals surface area contributed by atoms with Gasteiger partial charge in [-0.15, -0.1) is 0 Å². The van der Waals surface area contributed by atoms with E-state index in [1.54, 1.807) is 7.11 Å². The highest BCUT2D eigenvalue weighted by Gasteiger charge is 2.11. The predicted octanol–water partition coefficient (Wildman–Crippen LogP) is 0.907. The van der Waals surface area contributed by atoms with Crippen LogP contribution in [-0.2, 0) is 11.2 Å². The number of hydrogen-bond donors (Lipinski definition) is 1. The van der Waals surface area contributed by atoms with E-state index in [4.69, 9.17) is 19.9 Å². The Morgan fingerprint density at radius 3 is 2.80 bits per heavy atom. The van der Waals surface area contributed by atoms with E-state index < -0.39 is 0 Å². The highest BCUT2D eigenvalue weighted by atomic mass is 16.5. The Hall–Kier alpha value is -1.30. The fourth-order valence-corrected chi connectivity index (χ4v) is 2.28. The molecule has 1 aliphatic heterocycles. The van der Waals surface area contributed by atoms with E-state index in [1.807, 2.05) is 18.2 Å². The van der Waals surface area contributed by atoms with Crippen LogP contribution in [0.2, 0.25) is 0 Å².